The molecular formula is C37H43F2N5O2. The number of imidazole rings is 1. The Morgan fingerprint density at radius 3 is 2.74 bits per heavy atom. The van der Waals surface area contributed by atoms with Gasteiger partial charge in [-0.3, -0.25) is 4.79 Å². The lowest BCUT2D eigenvalue weighted by atomic mass is 9.87. The molecule has 1 saturated carbocycles. The minimum absolute atomic E-state index is 0.0742. The smallest absolute Gasteiger partial charge is 0.242 e. The first-order valence-corrected chi connectivity index (χ1v) is 16.5. The second kappa shape index (κ2) is 15.1. The number of anilines is 1. The fraction of sp³-hybridized carbons (Fsp3) is 0.405. The highest BCUT2D eigenvalue weighted by Crippen LogP contribution is 2.27. The molecule has 3 aromatic carbocycles. The summed E-state index contributed by atoms with van der Waals surface area (Å²) in [6, 6.07) is 20.6. The van der Waals surface area contributed by atoms with Gasteiger partial charge in [0.05, 0.1) is 30.6 Å². The van der Waals surface area contributed by atoms with Gasteiger partial charge in [-0.25, -0.2) is 13.8 Å². The van der Waals surface area contributed by atoms with Crippen molar-refractivity contribution in [2.45, 2.75) is 95.7 Å². The Kier molecular flexibility index (Phi) is 10.5. The molecule has 4 aromatic rings. The number of nitrogens with one attached hydrogen (secondary N) is 3. The molecule has 46 heavy (non-hydrogen) atoms. The SMILES string of the molecule is CCC[C@H](N[C@H]1CCc2cc(F)cc(F)c2C1)C(=O)Nc1cn(-c2ccccc2CN[C@@H]2CCC[C@H]2OCc2ccccc2)cn1. The Labute approximate surface area is 269 Å². The number of aromatic nitrogens is 2. The van der Waals surface area contributed by atoms with E-state index in [-0.39, 0.29) is 24.1 Å². The van der Waals surface area contributed by atoms with Crippen molar-refractivity contribution in [2.75, 3.05) is 5.32 Å². The number of carbonyl (C=O) groups is 1. The normalized spacial score (nSPS) is 19.9. The first-order valence-electron chi connectivity index (χ1n) is 16.5. The van der Waals surface area contributed by atoms with Crippen LogP contribution in [0.15, 0.2) is 79.3 Å². The molecule has 4 atom stereocenters. The lowest BCUT2D eigenvalue weighted by Gasteiger charge is -2.29. The molecule has 0 unspecified atom stereocenters. The van der Waals surface area contributed by atoms with Crippen molar-refractivity contribution >= 4 is 11.7 Å². The molecule has 1 fully saturated rings. The molecule has 1 heterocycles. The van der Waals surface area contributed by atoms with Crippen LogP contribution in [0, 0.1) is 11.6 Å². The molecule has 0 radical (unpaired) electrons. The maximum atomic E-state index is 14.5. The number of ether oxygens (including phenoxy) is 1. The van der Waals surface area contributed by atoms with Crippen molar-refractivity contribution in [1.29, 1.82) is 0 Å². The highest BCUT2D eigenvalue weighted by atomic mass is 19.1. The van der Waals surface area contributed by atoms with E-state index in [4.69, 9.17) is 4.74 Å². The van der Waals surface area contributed by atoms with Crippen LogP contribution >= 0.6 is 0 Å². The predicted octanol–water partition coefficient (Wildman–Crippen LogP) is 6.63. The van der Waals surface area contributed by atoms with E-state index in [9.17, 15) is 13.6 Å². The summed E-state index contributed by atoms with van der Waals surface area (Å²) in [6.07, 6.45) is 10.2. The number of nitrogens with zero attached hydrogens (tertiary/aromatic N) is 2. The summed E-state index contributed by atoms with van der Waals surface area (Å²) >= 11 is 0. The van der Waals surface area contributed by atoms with E-state index in [1.54, 1.807) is 6.33 Å². The summed E-state index contributed by atoms with van der Waals surface area (Å²) in [5.41, 5.74) is 4.56. The third-order valence-corrected chi connectivity index (χ3v) is 9.21. The molecule has 1 amide bonds. The molecule has 1 aromatic heterocycles. The molecule has 3 N–H and O–H groups in total. The van der Waals surface area contributed by atoms with Crippen LogP contribution in [0.3, 0.4) is 0 Å². The quantitative estimate of drug-likeness (QED) is 0.155. The van der Waals surface area contributed by atoms with E-state index in [0.29, 0.717) is 55.8 Å². The number of aryl methyl sites for hydroxylation is 1. The van der Waals surface area contributed by atoms with Crippen molar-refractivity contribution in [3.8, 4) is 5.69 Å². The zero-order valence-corrected chi connectivity index (χ0v) is 26.4. The number of benzene rings is 3. The Hall–Kier alpha value is -3.92. The number of hydrogen-bond acceptors (Lipinski definition) is 5. The van der Waals surface area contributed by atoms with E-state index in [1.165, 1.54) is 11.6 Å². The third kappa shape index (κ3) is 7.89. The van der Waals surface area contributed by atoms with Gasteiger partial charge in [-0.15, -0.1) is 0 Å². The first-order chi connectivity index (χ1) is 22.5. The van der Waals surface area contributed by atoms with Gasteiger partial charge in [0.2, 0.25) is 5.91 Å². The Bertz CT molecular complexity index is 1610. The average Bonchev–Trinajstić information content (AvgIpc) is 3.73. The van der Waals surface area contributed by atoms with Gasteiger partial charge >= 0.3 is 0 Å². The van der Waals surface area contributed by atoms with Gasteiger partial charge in [0.25, 0.3) is 0 Å². The molecule has 2 aliphatic carbocycles. The van der Waals surface area contributed by atoms with Crippen LogP contribution in [0.5, 0.6) is 0 Å². The van der Waals surface area contributed by atoms with Crippen molar-refractivity contribution < 1.29 is 18.3 Å². The summed E-state index contributed by atoms with van der Waals surface area (Å²) in [7, 11) is 0. The standard InChI is InChI=1S/C37H43F2N5O2/c1-2-9-33(42-29-17-16-26-18-28(38)19-31(39)30(26)20-29)37(45)43-36-22-44(24-41-36)34-14-7-6-12-27(34)21-40-32-13-8-15-35(32)46-23-25-10-4-3-5-11-25/h3-7,10-12,14,18-19,22,24,29,32-33,35,40,42H,2,8-9,13,15-17,20-21,23H2,1H3,(H,43,45)/t29-,32+,33-,35+/m0/s1. The molecule has 242 valence electrons. The summed E-state index contributed by atoms with van der Waals surface area (Å²) in [4.78, 5) is 17.9. The van der Waals surface area contributed by atoms with E-state index >= 15 is 0 Å². The number of halogens is 2. The molecule has 0 saturated heterocycles. The summed E-state index contributed by atoms with van der Waals surface area (Å²) in [5.74, 6) is -0.763. The number of amides is 1. The van der Waals surface area contributed by atoms with Crippen LogP contribution in [0.1, 0.15) is 67.7 Å². The maximum absolute atomic E-state index is 14.5. The summed E-state index contributed by atoms with van der Waals surface area (Å²) in [6.45, 7) is 3.34. The minimum atomic E-state index is -0.546. The Balaban J connectivity index is 1.06. The lowest BCUT2D eigenvalue weighted by Crippen LogP contribution is -2.48. The topological polar surface area (TPSA) is 80.2 Å². The number of fused-ring (bicyclic) bond motifs is 1. The van der Waals surface area contributed by atoms with Crippen molar-refractivity contribution in [2.24, 2.45) is 0 Å². The Morgan fingerprint density at radius 1 is 1.07 bits per heavy atom. The fourth-order valence-electron chi connectivity index (χ4n) is 6.81. The zero-order valence-electron chi connectivity index (χ0n) is 26.4. The van der Waals surface area contributed by atoms with E-state index in [0.717, 1.165) is 43.0 Å². The predicted molar refractivity (Wildman–Crippen MR) is 176 cm³/mol. The van der Waals surface area contributed by atoms with Crippen molar-refractivity contribution in [1.82, 2.24) is 20.2 Å². The summed E-state index contributed by atoms with van der Waals surface area (Å²) in [5, 5.41) is 10.2. The third-order valence-electron chi connectivity index (χ3n) is 9.21. The van der Waals surface area contributed by atoms with Gasteiger partial charge in [0.15, 0.2) is 5.82 Å². The first kappa shape index (κ1) is 32.0. The largest absolute Gasteiger partial charge is 0.372 e. The van der Waals surface area contributed by atoms with E-state index in [2.05, 4.69) is 45.2 Å². The second-order valence-electron chi connectivity index (χ2n) is 12.5. The number of para-hydroxylation sites is 1. The molecule has 7 nitrogen and oxygen atoms in total. The van der Waals surface area contributed by atoms with Crippen molar-refractivity contribution in [3.63, 3.8) is 0 Å². The van der Waals surface area contributed by atoms with Gasteiger partial charge in [-0.05, 0) is 79.3 Å². The summed E-state index contributed by atoms with van der Waals surface area (Å²) < 4.78 is 36.4. The number of rotatable bonds is 13. The monoisotopic (exact) mass is 627 g/mol. The van der Waals surface area contributed by atoms with Crippen LogP contribution in [-0.4, -0.2) is 39.7 Å². The number of hydrogen-bond donors (Lipinski definition) is 3. The van der Waals surface area contributed by atoms with Crippen LogP contribution in [-0.2, 0) is 35.5 Å². The van der Waals surface area contributed by atoms with Crippen LogP contribution < -0.4 is 16.0 Å². The highest BCUT2D eigenvalue weighted by Gasteiger charge is 2.29. The molecule has 0 aliphatic heterocycles. The molecular weight excluding hydrogens is 584 g/mol. The lowest BCUT2D eigenvalue weighted by molar-refractivity contribution is -0.118. The number of carbonyl (C=O) groups excluding carboxylic acids is 1. The van der Waals surface area contributed by atoms with Gasteiger partial charge in [-0.1, -0.05) is 61.9 Å². The van der Waals surface area contributed by atoms with Gasteiger partial charge < -0.3 is 25.3 Å². The molecule has 2 aliphatic rings. The van der Waals surface area contributed by atoms with Gasteiger partial charge in [0, 0.05) is 24.7 Å². The van der Waals surface area contributed by atoms with Crippen molar-refractivity contribution in [3.05, 3.63) is 113 Å². The average molecular weight is 628 g/mol. The minimum Gasteiger partial charge on any atom is -0.372 e. The molecule has 0 spiro atoms. The van der Waals surface area contributed by atoms with Gasteiger partial charge in [0.1, 0.15) is 18.0 Å². The Morgan fingerprint density at radius 2 is 1.89 bits per heavy atom. The fourth-order valence-corrected chi connectivity index (χ4v) is 6.81. The molecule has 6 rings (SSSR count). The maximum Gasteiger partial charge on any atom is 0.242 e. The molecule has 0 bridgehead atoms. The van der Waals surface area contributed by atoms with E-state index in [1.807, 2.05) is 48.0 Å². The van der Waals surface area contributed by atoms with Gasteiger partial charge in [-0.2, -0.15) is 0 Å². The van der Waals surface area contributed by atoms with Crippen LogP contribution in [0.4, 0.5) is 14.6 Å². The molecule has 9 heteroatoms. The van der Waals surface area contributed by atoms with E-state index < -0.39 is 17.7 Å². The highest BCUT2D eigenvalue weighted by molar-refractivity contribution is 5.94. The zero-order chi connectivity index (χ0) is 31.9. The van der Waals surface area contributed by atoms with Crippen LogP contribution in [0.25, 0.3) is 5.69 Å². The van der Waals surface area contributed by atoms with Crippen LogP contribution in [0.2, 0.25) is 0 Å². The second-order valence-corrected chi connectivity index (χ2v) is 12.5.